The van der Waals surface area contributed by atoms with E-state index in [4.69, 9.17) is 19.9 Å². The molecule has 246 valence electrons. The molecule has 0 saturated carbocycles. The molecule has 45 heavy (non-hydrogen) atoms. The normalized spacial score (nSPS) is 31.1. The second-order valence-electron chi connectivity index (χ2n) is 9.63. The molecule has 2 aliphatic heterocycles. The van der Waals surface area contributed by atoms with Crippen molar-refractivity contribution < 1.29 is 71.8 Å². The van der Waals surface area contributed by atoms with Crippen molar-refractivity contribution in [2.75, 3.05) is 18.9 Å². The summed E-state index contributed by atoms with van der Waals surface area (Å²) in [6, 6.07) is 4.66. The van der Waals surface area contributed by atoms with E-state index in [-0.39, 0.29) is 28.4 Å². The van der Waals surface area contributed by atoms with Gasteiger partial charge in [0.15, 0.2) is 17.7 Å². The molecule has 1 aromatic carbocycles. The molecule has 5 rings (SSSR count). The van der Waals surface area contributed by atoms with E-state index in [1.54, 1.807) is 0 Å². The van der Waals surface area contributed by atoms with Crippen LogP contribution in [0.5, 0.6) is 5.75 Å². The van der Waals surface area contributed by atoms with Crippen LogP contribution in [0.25, 0.3) is 11.2 Å². The molecule has 0 bridgehead atoms. The second-order valence-corrected chi connectivity index (χ2v) is 12.7. The number of nitrogens with two attached hydrogens (primary N) is 1. The van der Waals surface area contributed by atoms with Crippen LogP contribution < -0.4 is 10.5 Å². The molecule has 3 aromatic rings. The van der Waals surface area contributed by atoms with Crippen LogP contribution in [0.15, 0.2) is 36.9 Å². The third-order valence-corrected chi connectivity index (χ3v) is 9.23. The number of imidazole rings is 1. The van der Waals surface area contributed by atoms with Crippen LogP contribution in [0.4, 0.5) is 11.5 Å². The van der Waals surface area contributed by atoms with Gasteiger partial charge in [-0.1, -0.05) is 0 Å². The van der Waals surface area contributed by atoms with Gasteiger partial charge in [-0.2, -0.15) is 4.31 Å². The number of non-ortho nitro benzene ring substituents is 1. The molecule has 0 radical (unpaired) electrons. The van der Waals surface area contributed by atoms with Crippen molar-refractivity contribution in [1.82, 2.24) is 19.5 Å². The smallest absolute Gasteiger partial charge is 0.462 e. The summed E-state index contributed by atoms with van der Waals surface area (Å²) in [5.74, 6) is 0.0708. The topological polar surface area (TPSA) is 324 Å². The zero-order valence-corrected chi connectivity index (χ0v) is 24.3. The van der Waals surface area contributed by atoms with Gasteiger partial charge in [-0.15, -0.1) is 0 Å². The molecular formula is C21H26N6O16P2. The lowest BCUT2D eigenvalue weighted by atomic mass is 10.1. The van der Waals surface area contributed by atoms with E-state index in [9.17, 15) is 49.5 Å². The molecule has 10 atom stereocenters. The lowest BCUT2D eigenvalue weighted by molar-refractivity contribution is -0.384. The van der Waals surface area contributed by atoms with Gasteiger partial charge in [-0.3, -0.25) is 23.7 Å². The molecule has 24 heteroatoms. The Hall–Kier alpha value is -3.21. The predicted octanol–water partition coefficient (Wildman–Crippen LogP) is -1.29. The van der Waals surface area contributed by atoms with E-state index in [2.05, 4.69) is 28.3 Å². The van der Waals surface area contributed by atoms with E-state index in [0.717, 1.165) is 18.5 Å². The van der Waals surface area contributed by atoms with E-state index in [0.29, 0.717) is 0 Å². The first kappa shape index (κ1) is 33.2. The number of nitrogen functional groups attached to an aromatic ring is 1. The van der Waals surface area contributed by atoms with E-state index >= 15 is 0 Å². The van der Waals surface area contributed by atoms with Gasteiger partial charge < -0.3 is 50.2 Å². The highest BCUT2D eigenvalue weighted by Crippen LogP contribution is 2.60. The molecule has 8 N–H and O–H groups in total. The average Bonchev–Trinajstić information content (AvgIpc) is 3.61. The average molecular weight is 680 g/mol. The zero-order valence-electron chi connectivity index (χ0n) is 22.5. The van der Waals surface area contributed by atoms with Gasteiger partial charge in [0.1, 0.15) is 54.2 Å². The Morgan fingerprint density at radius 2 is 1.51 bits per heavy atom. The summed E-state index contributed by atoms with van der Waals surface area (Å²) in [5.41, 5.74) is 5.85. The van der Waals surface area contributed by atoms with Crippen LogP contribution in [-0.2, 0) is 32.0 Å². The molecule has 0 spiro atoms. The van der Waals surface area contributed by atoms with E-state index < -0.39 is 82.9 Å². The number of fused-ring (bicyclic) bond motifs is 1. The number of hydrogen-bond donors (Lipinski definition) is 7. The predicted molar refractivity (Wildman–Crippen MR) is 143 cm³/mol. The quantitative estimate of drug-likeness (QED) is 0.0664. The highest BCUT2D eigenvalue weighted by molar-refractivity contribution is 7.61. The number of aliphatic hydroxyl groups is 4. The SMILES string of the molecule is Nc1ncnc2c1ncn2[C@@H]1O[C@H](COP(=O)(O)OP(=O)(O)OC[C@H]2O[C@@H](Oc3ccc([N+](=O)[O-])cc3)C(O)C2O)C(O)C1O. The maximum Gasteiger partial charge on any atom is 0.481 e. The summed E-state index contributed by atoms with van der Waals surface area (Å²) >= 11 is 0. The lowest BCUT2D eigenvalue weighted by Gasteiger charge is -2.20. The third-order valence-electron chi connectivity index (χ3n) is 6.63. The Labute approximate surface area is 250 Å². The largest absolute Gasteiger partial charge is 0.481 e. The van der Waals surface area contributed by atoms with Gasteiger partial charge in [0, 0.05) is 12.1 Å². The minimum absolute atomic E-state index is 0.0280. The standard InChI is InChI=1S/C21H26N6O16P2/c22-18-13-19(24-7-23-18)26(8-25-13)20-16(30)14(28)11(41-20)5-38-44(34,35)43-45(36,37)39-6-12-15(29)17(31)21(42-12)40-10-3-1-9(2-4-10)27(32)33/h1-4,7-8,11-12,14-17,20-21,28-31H,5-6H2,(H,34,35)(H,36,37)(H2,22,23,24)/t11-,12-,14?,15?,16?,17?,20-,21-/m1/s1. The Balaban J connectivity index is 1.13. The van der Waals surface area contributed by atoms with Crippen LogP contribution in [-0.4, -0.2) is 111 Å². The number of ether oxygens (including phenoxy) is 3. The van der Waals surface area contributed by atoms with Crippen molar-refractivity contribution in [2.24, 2.45) is 0 Å². The van der Waals surface area contributed by atoms with E-state index in [1.807, 2.05) is 0 Å². The number of nitrogens with zero attached hydrogens (tertiary/aromatic N) is 5. The van der Waals surface area contributed by atoms with Gasteiger partial charge >= 0.3 is 15.6 Å². The highest BCUT2D eigenvalue weighted by atomic mass is 31.3. The van der Waals surface area contributed by atoms with Gasteiger partial charge in [-0.25, -0.2) is 24.1 Å². The Morgan fingerprint density at radius 1 is 0.911 bits per heavy atom. The van der Waals surface area contributed by atoms with Crippen LogP contribution >= 0.6 is 15.6 Å². The zero-order chi connectivity index (χ0) is 32.7. The Morgan fingerprint density at radius 3 is 2.13 bits per heavy atom. The number of anilines is 1. The first-order valence-electron chi connectivity index (χ1n) is 12.7. The highest BCUT2D eigenvalue weighted by Gasteiger charge is 2.48. The maximum atomic E-state index is 12.4. The number of nitro groups is 1. The number of phosphoric acid groups is 2. The number of aromatic nitrogens is 4. The number of phosphoric ester groups is 2. The summed E-state index contributed by atoms with van der Waals surface area (Å²) in [5, 5.41) is 52.1. The molecule has 2 saturated heterocycles. The number of nitro benzene ring substituents is 1. The molecule has 0 aliphatic carbocycles. The summed E-state index contributed by atoms with van der Waals surface area (Å²) in [6.07, 6.45) is -10.1. The van der Waals surface area contributed by atoms with Crippen LogP contribution in [0, 0.1) is 10.1 Å². The summed E-state index contributed by atoms with van der Waals surface area (Å²) in [7, 11) is -10.8. The fraction of sp³-hybridized carbons (Fsp3) is 0.476. The molecule has 22 nitrogen and oxygen atoms in total. The number of hydrogen-bond acceptors (Lipinski definition) is 18. The minimum Gasteiger partial charge on any atom is -0.462 e. The van der Waals surface area contributed by atoms with Gasteiger partial charge in [-0.05, 0) is 12.1 Å². The fourth-order valence-electron chi connectivity index (χ4n) is 4.40. The van der Waals surface area contributed by atoms with Crippen molar-refractivity contribution in [1.29, 1.82) is 0 Å². The van der Waals surface area contributed by atoms with Crippen LogP contribution in [0.3, 0.4) is 0 Å². The van der Waals surface area contributed by atoms with Crippen molar-refractivity contribution >= 4 is 38.3 Å². The first-order chi connectivity index (χ1) is 21.2. The summed E-state index contributed by atoms with van der Waals surface area (Å²) < 4.78 is 55.7. The molecule has 2 aromatic heterocycles. The minimum atomic E-state index is -5.39. The van der Waals surface area contributed by atoms with Gasteiger partial charge in [0.25, 0.3) is 5.69 Å². The lowest BCUT2D eigenvalue weighted by Crippen LogP contribution is -2.35. The summed E-state index contributed by atoms with van der Waals surface area (Å²) in [6.45, 7) is -1.86. The third kappa shape index (κ3) is 7.28. The van der Waals surface area contributed by atoms with Crippen molar-refractivity contribution in [3.05, 3.63) is 47.0 Å². The molecule has 0 amide bonds. The number of rotatable bonds is 12. The monoisotopic (exact) mass is 680 g/mol. The first-order valence-corrected chi connectivity index (χ1v) is 15.7. The van der Waals surface area contributed by atoms with E-state index in [1.165, 1.54) is 23.0 Å². The van der Waals surface area contributed by atoms with Crippen LogP contribution in [0.2, 0.25) is 0 Å². The van der Waals surface area contributed by atoms with Crippen molar-refractivity contribution in [3.8, 4) is 5.75 Å². The molecule has 4 heterocycles. The van der Waals surface area contributed by atoms with Crippen molar-refractivity contribution in [2.45, 2.75) is 49.1 Å². The van der Waals surface area contributed by atoms with Gasteiger partial charge in [0.2, 0.25) is 6.29 Å². The van der Waals surface area contributed by atoms with Gasteiger partial charge in [0.05, 0.1) is 24.5 Å². The molecule has 6 unspecified atom stereocenters. The summed E-state index contributed by atoms with van der Waals surface area (Å²) in [4.78, 5) is 41.9. The second kappa shape index (κ2) is 12.9. The number of aliphatic hydroxyl groups excluding tert-OH is 4. The molecular weight excluding hydrogens is 654 g/mol. The Kier molecular flexibility index (Phi) is 9.50. The molecule has 2 fully saturated rings. The maximum absolute atomic E-state index is 12.4. The van der Waals surface area contributed by atoms with Crippen molar-refractivity contribution in [3.63, 3.8) is 0 Å². The number of benzene rings is 1. The fourth-order valence-corrected chi connectivity index (χ4v) is 6.49. The van der Waals surface area contributed by atoms with Crippen LogP contribution in [0.1, 0.15) is 6.23 Å². The molecule has 2 aliphatic rings. The Bertz CT molecular complexity index is 1630.